The summed E-state index contributed by atoms with van der Waals surface area (Å²) in [6.07, 6.45) is 81.2. The number of aliphatic hydroxyl groups excluding tert-OH is 1. The minimum Gasteiger partial charge on any atom is -0.387 e. The number of phosphoric ester groups is 1. The molecule has 3 unspecified atom stereocenters. The molecule has 0 aliphatic carbocycles. The van der Waals surface area contributed by atoms with Gasteiger partial charge < -0.3 is 19.8 Å². The number of quaternary nitrogens is 1. The lowest BCUT2D eigenvalue weighted by Gasteiger charge is -2.25. The van der Waals surface area contributed by atoms with Gasteiger partial charge in [0.25, 0.3) is 0 Å². The van der Waals surface area contributed by atoms with Crippen LogP contribution in [0.15, 0.2) is 97.2 Å². The lowest BCUT2D eigenvalue weighted by Crippen LogP contribution is -2.45. The molecule has 3 atom stereocenters. The number of nitrogens with one attached hydrogen (secondary N) is 1. The number of unbranched alkanes of at least 4 members (excludes halogenated alkanes) is 29. The summed E-state index contributed by atoms with van der Waals surface area (Å²) in [5.41, 5.74) is 0. The normalized spacial score (nSPS) is 14.5. The molecular weight excluding hydrogens is 948 g/mol. The van der Waals surface area contributed by atoms with Gasteiger partial charge in [-0.2, -0.15) is 0 Å². The van der Waals surface area contributed by atoms with Crippen LogP contribution in [0.1, 0.15) is 264 Å². The highest BCUT2D eigenvalue weighted by Gasteiger charge is 2.27. The zero-order valence-corrected chi connectivity index (χ0v) is 50.4. The van der Waals surface area contributed by atoms with Crippen LogP contribution in [-0.4, -0.2) is 73.4 Å². The van der Waals surface area contributed by atoms with E-state index >= 15 is 0 Å². The number of aliphatic hydroxyl groups is 1. The number of phosphoric acid groups is 1. The second kappa shape index (κ2) is 56.2. The Morgan fingerprint density at radius 3 is 1.23 bits per heavy atom. The van der Waals surface area contributed by atoms with E-state index in [1.807, 2.05) is 27.2 Å². The first-order valence-corrected chi connectivity index (χ1v) is 32.6. The van der Waals surface area contributed by atoms with Gasteiger partial charge in [-0.25, -0.2) is 4.57 Å². The number of likely N-dealkylation sites (N-methyl/N-ethyl adjacent to an activating group) is 1. The Morgan fingerprint density at radius 1 is 0.467 bits per heavy atom. The topological polar surface area (TPSA) is 105 Å². The summed E-state index contributed by atoms with van der Waals surface area (Å²) >= 11 is 0. The van der Waals surface area contributed by atoms with Crippen LogP contribution in [0.5, 0.6) is 0 Å². The number of rotatable bonds is 56. The second-order valence-corrected chi connectivity index (χ2v) is 23.5. The number of carbonyl (C=O) groups is 1. The molecule has 0 aliphatic heterocycles. The summed E-state index contributed by atoms with van der Waals surface area (Å²) in [4.78, 5) is 23.3. The molecule has 0 heterocycles. The summed E-state index contributed by atoms with van der Waals surface area (Å²) in [7, 11) is 1.54. The molecule has 3 N–H and O–H groups in total. The van der Waals surface area contributed by atoms with Crippen molar-refractivity contribution in [3.8, 4) is 0 Å². The largest absolute Gasteiger partial charge is 0.472 e. The molecule has 0 radical (unpaired) electrons. The Kier molecular flexibility index (Phi) is 54.2. The number of amides is 1. The van der Waals surface area contributed by atoms with Crippen molar-refractivity contribution < 1.29 is 32.9 Å². The molecule has 9 heteroatoms. The molecule has 0 aromatic carbocycles. The number of hydrogen-bond donors (Lipinski definition) is 3. The van der Waals surface area contributed by atoms with Gasteiger partial charge in [-0.15, -0.1) is 0 Å². The lowest BCUT2D eigenvalue weighted by atomic mass is 10.0. The van der Waals surface area contributed by atoms with Crippen LogP contribution < -0.4 is 5.32 Å². The summed E-state index contributed by atoms with van der Waals surface area (Å²) < 4.78 is 23.7. The van der Waals surface area contributed by atoms with Gasteiger partial charge in [0.1, 0.15) is 13.2 Å². The van der Waals surface area contributed by atoms with Crippen LogP contribution >= 0.6 is 7.82 Å². The number of nitrogens with zero attached hydrogens (tertiary/aromatic N) is 1. The zero-order chi connectivity index (χ0) is 54.9. The van der Waals surface area contributed by atoms with Crippen LogP contribution in [0.3, 0.4) is 0 Å². The Balaban J connectivity index is 3.95. The first kappa shape index (κ1) is 72.4. The second-order valence-electron chi connectivity index (χ2n) is 22.0. The zero-order valence-electron chi connectivity index (χ0n) is 49.5. The highest BCUT2D eigenvalue weighted by Crippen LogP contribution is 2.43. The van der Waals surface area contributed by atoms with Crippen molar-refractivity contribution in [2.24, 2.45) is 0 Å². The van der Waals surface area contributed by atoms with E-state index in [1.165, 1.54) is 167 Å². The Hall–Kier alpha value is -2.58. The van der Waals surface area contributed by atoms with E-state index in [9.17, 15) is 19.4 Å². The van der Waals surface area contributed by atoms with Gasteiger partial charge in [0.05, 0.1) is 39.9 Å². The lowest BCUT2D eigenvalue weighted by molar-refractivity contribution is -0.870. The van der Waals surface area contributed by atoms with Crippen molar-refractivity contribution in [3.05, 3.63) is 97.2 Å². The standard InChI is InChI=1S/C66H119N2O6P/c1-6-8-10-12-14-16-18-20-22-23-24-25-26-27-28-29-30-31-32-33-34-35-36-37-38-39-40-41-42-43-44-45-46-48-50-52-54-56-58-60-66(70)67-64(63-74-75(71,72)73-62-61-68(3,4)5)65(69)59-57-55-53-51-49-47-21-19-17-15-13-11-9-7-2/h8,10,14,16-17,19-20,22,24-25,27-28,49,51,57,59,64-65,69H,6-7,9,11-13,15,18,21,23,26,29-48,50,52-56,58,60-63H2,1-5H3,(H-,67,70,71,72)/p+1/b10-8-,16-14-,19-17+,22-20-,25-24-,28-27-,51-49+,59-57+. The van der Waals surface area contributed by atoms with Crippen molar-refractivity contribution in [2.75, 3.05) is 40.9 Å². The molecule has 1 amide bonds. The quantitative estimate of drug-likeness (QED) is 0.0243. The van der Waals surface area contributed by atoms with Crippen molar-refractivity contribution in [1.82, 2.24) is 5.32 Å². The van der Waals surface area contributed by atoms with Crippen molar-refractivity contribution in [2.45, 2.75) is 276 Å². The average molecular weight is 1070 g/mol. The molecule has 0 bridgehead atoms. The minimum atomic E-state index is -4.36. The van der Waals surface area contributed by atoms with Gasteiger partial charge in [-0.1, -0.05) is 265 Å². The van der Waals surface area contributed by atoms with E-state index in [0.29, 0.717) is 17.4 Å². The number of carbonyl (C=O) groups excluding carboxylic acids is 1. The Labute approximate surface area is 464 Å². The molecule has 0 saturated carbocycles. The molecule has 0 aromatic rings. The van der Waals surface area contributed by atoms with E-state index in [2.05, 4.69) is 104 Å². The summed E-state index contributed by atoms with van der Waals surface area (Å²) in [5, 5.41) is 13.9. The van der Waals surface area contributed by atoms with Crippen molar-refractivity contribution in [3.63, 3.8) is 0 Å². The monoisotopic (exact) mass is 1070 g/mol. The fourth-order valence-electron chi connectivity index (χ4n) is 8.69. The summed E-state index contributed by atoms with van der Waals surface area (Å²) in [6, 6.07) is -0.872. The van der Waals surface area contributed by atoms with Crippen molar-refractivity contribution >= 4 is 13.7 Å². The van der Waals surface area contributed by atoms with Crippen molar-refractivity contribution in [1.29, 1.82) is 0 Å². The molecule has 0 saturated heterocycles. The molecule has 0 aromatic heterocycles. The van der Waals surface area contributed by atoms with E-state index in [-0.39, 0.29) is 19.1 Å². The molecule has 434 valence electrons. The summed E-state index contributed by atoms with van der Waals surface area (Å²) in [5.74, 6) is -0.191. The van der Waals surface area contributed by atoms with Crippen LogP contribution in [0, 0.1) is 0 Å². The minimum absolute atomic E-state index is 0.0518. The molecular formula is C66H120N2O6P+. The maximum atomic E-state index is 13.0. The maximum absolute atomic E-state index is 13.0. The molecule has 0 rings (SSSR count). The highest BCUT2D eigenvalue weighted by atomic mass is 31.2. The average Bonchev–Trinajstić information content (AvgIpc) is 3.37. The maximum Gasteiger partial charge on any atom is 0.472 e. The number of allylic oxidation sites excluding steroid dienone is 15. The molecule has 0 spiro atoms. The third-order valence-electron chi connectivity index (χ3n) is 13.5. The third-order valence-corrected chi connectivity index (χ3v) is 14.5. The highest BCUT2D eigenvalue weighted by molar-refractivity contribution is 7.47. The first-order valence-electron chi connectivity index (χ1n) is 31.1. The SMILES string of the molecule is CC/C=C\C/C=C\C/C=C\C/C=C\C/C=C\CCCCCCCCCCCCCCCCCCCCCCCCCC(=O)NC(COP(=O)(O)OCC[N+](C)(C)C)C(O)/C=C/CC/C=C/CC/C=C/CCCCCC. The van der Waals surface area contributed by atoms with E-state index in [4.69, 9.17) is 9.05 Å². The predicted molar refractivity (Wildman–Crippen MR) is 327 cm³/mol. The predicted octanol–water partition coefficient (Wildman–Crippen LogP) is 19.4. The van der Waals surface area contributed by atoms with Gasteiger partial charge >= 0.3 is 7.82 Å². The smallest absolute Gasteiger partial charge is 0.387 e. The van der Waals surface area contributed by atoms with E-state index in [1.54, 1.807) is 6.08 Å². The van der Waals surface area contributed by atoms with Gasteiger partial charge in [0.15, 0.2) is 0 Å². The van der Waals surface area contributed by atoms with Crippen LogP contribution in [0.2, 0.25) is 0 Å². The fraction of sp³-hybridized carbons (Fsp3) is 0.742. The Bertz CT molecular complexity index is 1540. The van der Waals surface area contributed by atoms with Crippen LogP contribution in [-0.2, 0) is 18.4 Å². The van der Waals surface area contributed by atoms with Gasteiger partial charge in [0.2, 0.25) is 5.91 Å². The van der Waals surface area contributed by atoms with E-state index < -0.39 is 20.0 Å². The third kappa shape index (κ3) is 58.9. The number of hydrogen-bond acceptors (Lipinski definition) is 5. The Morgan fingerprint density at radius 2 is 0.813 bits per heavy atom. The van der Waals surface area contributed by atoms with E-state index in [0.717, 1.165) is 77.0 Å². The molecule has 0 aliphatic rings. The summed E-state index contributed by atoms with van der Waals surface area (Å²) in [6.45, 7) is 4.65. The molecule has 0 fully saturated rings. The van der Waals surface area contributed by atoms with Crippen LogP contribution in [0.4, 0.5) is 0 Å². The van der Waals surface area contributed by atoms with Gasteiger partial charge in [-0.3, -0.25) is 13.8 Å². The van der Waals surface area contributed by atoms with Gasteiger partial charge in [-0.05, 0) is 89.9 Å². The van der Waals surface area contributed by atoms with Gasteiger partial charge in [0, 0.05) is 6.42 Å². The fourth-order valence-corrected chi connectivity index (χ4v) is 9.43. The molecule has 8 nitrogen and oxygen atoms in total. The van der Waals surface area contributed by atoms with Crippen LogP contribution in [0.25, 0.3) is 0 Å². The first-order chi connectivity index (χ1) is 36.5. The molecule has 75 heavy (non-hydrogen) atoms.